The van der Waals surface area contributed by atoms with E-state index in [2.05, 4.69) is 16.7 Å². The van der Waals surface area contributed by atoms with Gasteiger partial charge in [0.25, 0.3) is 5.69 Å². The lowest BCUT2D eigenvalue weighted by atomic mass is 9.53. The van der Waals surface area contributed by atoms with Gasteiger partial charge in [-0.2, -0.15) is 0 Å². The van der Waals surface area contributed by atoms with E-state index in [4.69, 9.17) is 5.73 Å². The molecule has 4 aliphatic rings. The predicted molar refractivity (Wildman–Crippen MR) is 120 cm³/mol. The molecule has 7 nitrogen and oxygen atoms in total. The van der Waals surface area contributed by atoms with Crippen molar-refractivity contribution in [3.8, 4) is 0 Å². The molecule has 1 amide bonds. The summed E-state index contributed by atoms with van der Waals surface area (Å²) < 4.78 is 0. The van der Waals surface area contributed by atoms with Crippen LogP contribution in [0.2, 0.25) is 0 Å². The number of amides is 1. The number of nitrogens with zero attached hydrogens (tertiary/aromatic N) is 1. The topological polar surface area (TPSA) is 110 Å². The molecule has 0 unspecified atom stereocenters. The molecule has 2 aromatic carbocycles. The predicted octanol–water partition coefficient (Wildman–Crippen LogP) is 4.69. The summed E-state index contributed by atoms with van der Waals surface area (Å²) in [6.45, 7) is 0.287. The molecule has 4 fully saturated rings. The molecule has 0 radical (unpaired) electrons. The highest BCUT2D eigenvalue weighted by Gasteiger charge is 2.51. The Morgan fingerprint density at radius 1 is 1.03 bits per heavy atom. The summed E-state index contributed by atoms with van der Waals surface area (Å²) in [6, 6.07) is 12.5. The molecule has 162 valence electrons. The molecule has 7 heteroatoms. The Hall–Kier alpha value is -3.09. The lowest BCUT2D eigenvalue weighted by Crippen LogP contribution is -2.54. The number of para-hydroxylation sites is 2. The summed E-state index contributed by atoms with van der Waals surface area (Å²) in [4.78, 5) is 22.4. The first-order chi connectivity index (χ1) is 14.9. The third-order valence-corrected chi connectivity index (χ3v) is 7.40. The van der Waals surface area contributed by atoms with Crippen molar-refractivity contribution < 1.29 is 9.72 Å². The highest BCUT2D eigenvalue weighted by atomic mass is 16.6. The average Bonchev–Trinajstić information content (AvgIpc) is 2.71. The van der Waals surface area contributed by atoms with Crippen LogP contribution in [0.5, 0.6) is 0 Å². The van der Waals surface area contributed by atoms with Crippen LogP contribution in [-0.4, -0.2) is 16.4 Å². The maximum atomic E-state index is 11.5. The molecular formula is C24H28N4O3. The van der Waals surface area contributed by atoms with Gasteiger partial charge in [0.15, 0.2) is 0 Å². The maximum Gasteiger partial charge on any atom is 0.275 e. The Bertz CT molecular complexity index is 1000. The van der Waals surface area contributed by atoms with Crippen molar-refractivity contribution in [3.05, 3.63) is 63.7 Å². The second-order valence-electron chi connectivity index (χ2n) is 9.69. The molecule has 0 saturated heterocycles. The van der Waals surface area contributed by atoms with Gasteiger partial charge in [-0.15, -0.1) is 0 Å². The van der Waals surface area contributed by atoms with Crippen LogP contribution in [0.25, 0.3) is 0 Å². The normalized spacial score (nSPS) is 28.3. The molecule has 4 saturated carbocycles. The number of hydrogen-bond donors (Lipinski definition) is 3. The van der Waals surface area contributed by atoms with Gasteiger partial charge in [0.05, 0.1) is 16.3 Å². The summed E-state index contributed by atoms with van der Waals surface area (Å²) in [6.07, 6.45) is 7.91. The van der Waals surface area contributed by atoms with E-state index in [1.165, 1.54) is 50.7 Å². The van der Waals surface area contributed by atoms with Crippen molar-refractivity contribution >= 4 is 23.0 Å². The van der Waals surface area contributed by atoms with Gasteiger partial charge in [-0.1, -0.05) is 12.1 Å². The quantitative estimate of drug-likeness (QED) is 0.445. The molecule has 0 atom stereocenters. The number of rotatable bonds is 7. The zero-order valence-electron chi connectivity index (χ0n) is 17.5. The third kappa shape index (κ3) is 3.84. The molecular weight excluding hydrogens is 392 g/mol. The van der Waals surface area contributed by atoms with Gasteiger partial charge in [0.1, 0.15) is 0 Å². The van der Waals surface area contributed by atoms with Gasteiger partial charge < -0.3 is 16.4 Å². The third-order valence-electron chi connectivity index (χ3n) is 7.40. The van der Waals surface area contributed by atoms with E-state index in [1.807, 2.05) is 18.2 Å². The smallest absolute Gasteiger partial charge is 0.275 e. The second kappa shape index (κ2) is 7.55. The fourth-order valence-corrected chi connectivity index (χ4v) is 6.52. The van der Waals surface area contributed by atoms with Gasteiger partial charge in [-0.3, -0.25) is 14.9 Å². The van der Waals surface area contributed by atoms with Crippen LogP contribution in [0.3, 0.4) is 0 Å². The van der Waals surface area contributed by atoms with Gasteiger partial charge in [-0.25, -0.2) is 0 Å². The Morgan fingerprint density at radius 2 is 1.65 bits per heavy atom. The largest absolute Gasteiger partial charge is 0.379 e. The zero-order chi connectivity index (χ0) is 21.6. The molecule has 2 aromatic rings. The van der Waals surface area contributed by atoms with E-state index < -0.39 is 10.8 Å². The number of nitrogens with one attached hydrogen (secondary N) is 2. The zero-order valence-corrected chi connectivity index (χ0v) is 17.5. The van der Waals surface area contributed by atoms with Crippen molar-refractivity contribution in [2.75, 3.05) is 10.6 Å². The number of hydrogen-bond acceptors (Lipinski definition) is 5. The van der Waals surface area contributed by atoms with Crippen molar-refractivity contribution in [2.24, 2.45) is 23.5 Å². The average molecular weight is 421 g/mol. The lowest BCUT2D eigenvalue weighted by Gasteiger charge is -2.57. The number of nitro groups is 1. The number of carbonyl (C=O) groups excluding carboxylic acids is 1. The number of primary amides is 1. The molecule has 4 bridgehead atoms. The first-order valence-electron chi connectivity index (χ1n) is 11.1. The summed E-state index contributed by atoms with van der Waals surface area (Å²) in [7, 11) is 0. The monoisotopic (exact) mass is 420 g/mol. The molecule has 0 aliphatic heterocycles. The maximum absolute atomic E-state index is 11.5. The fraction of sp³-hybridized carbons (Fsp3) is 0.458. The van der Waals surface area contributed by atoms with Crippen LogP contribution in [-0.2, 0) is 6.54 Å². The summed E-state index contributed by atoms with van der Waals surface area (Å²) >= 11 is 0. The highest BCUT2D eigenvalue weighted by molar-refractivity contribution is 5.93. The van der Waals surface area contributed by atoms with Crippen LogP contribution in [0.15, 0.2) is 42.5 Å². The summed E-state index contributed by atoms with van der Waals surface area (Å²) in [5.74, 6) is 1.88. The minimum absolute atomic E-state index is 0.102. The Labute approximate surface area is 181 Å². The van der Waals surface area contributed by atoms with Crippen LogP contribution in [0.1, 0.15) is 54.4 Å². The minimum atomic E-state index is -0.673. The van der Waals surface area contributed by atoms with E-state index >= 15 is 0 Å². The lowest BCUT2D eigenvalue weighted by molar-refractivity contribution is -0.385. The summed E-state index contributed by atoms with van der Waals surface area (Å²) in [5, 5.41) is 18.8. The van der Waals surface area contributed by atoms with Crippen LogP contribution in [0, 0.1) is 27.9 Å². The molecule has 0 aromatic heterocycles. The van der Waals surface area contributed by atoms with Crippen molar-refractivity contribution in [1.29, 1.82) is 0 Å². The number of anilines is 2. The van der Waals surface area contributed by atoms with Gasteiger partial charge in [0.2, 0.25) is 5.91 Å². The van der Waals surface area contributed by atoms with Crippen molar-refractivity contribution in [3.63, 3.8) is 0 Å². The van der Waals surface area contributed by atoms with E-state index in [-0.39, 0.29) is 23.3 Å². The molecule has 0 spiro atoms. The first kappa shape index (κ1) is 19.8. The number of benzene rings is 2. The van der Waals surface area contributed by atoms with Crippen LogP contribution < -0.4 is 16.4 Å². The van der Waals surface area contributed by atoms with Gasteiger partial charge in [0, 0.05) is 29.3 Å². The van der Waals surface area contributed by atoms with Crippen molar-refractivity contribution in [1.82, 2.24) is 0 Å². The van der Waals surface area contributed by atoms with Crippen molar-refractivity contribution in [2.45, 2.75) is 50.6 Å². The standard InChI is InChI=1S/C24H28N4O3/c25-23(29)18-5-6-19(22(10-18)28(30)31)14-26-20-3-1-2-4-21(20)27-24-11-15-7-16(12-24)9-17(8-15)13-24/h1-6,10,15-17,26-27H,7-9,11-14H2,(H2,25,29). The molecule has 4 N–H and O–H groups in total. The Balaban J connectivity index is 1.35. The highest BCUT2D eigenvalue weighted by Crippen LogP contribution is 2.56. The molecule has 4 aliphatic carbocycles. The molecule has 31 heavy (non-hydrogen) atoms. The van der Waals surface area contributed by atoms with Gasteiger partial charge in [-0.05, 0) is 80.5 Å². The minimum Gasteiger partial charge on any atom is -0.379 e. The Morgan fingerprint density at radius 3 is 2.23 bits per heavy atom. The number of nitrogens with two attached hydrogens (primary N) is 1. The van der Waals surface area contributed by atoms with Gasteiger partial charge >= 0.3 is 0 Å². The number of carbonyl (C=O) groups is 1. The van der Waals surface area contributed by atoms with E-state index in [0.29, 0.717) is 5.56 Å². The molecule has 0 heterocycles. The fourth-order valence-electron chi connectivity index (χ4n) is 6.52. The first-order valence-corrected chi connectivity index (χ1v) is 11.1. The second-order valence-corrected chi connectivity index (χ2v) is 9.69. The summed E-state index contributed by atoms with van der Waals surface area (Å²) in [5.41, 5.74) is 8.00. The molecule has 6 rings (SSSR count). The number of nitro benzene ring substituents is 1. The van der Waals surface area contributed by atoms with E-state index in [1.54, 1.807) is 6.07 Å². The van der Waals surface area contributed by atoms with E-state index in [0.717, 1.165) is 29.1 Å². The van der Waals surface area contributed by atoms with E-state index in [9.17, 15) is 14.9 Å². The van der Waals surface area contributed by atoms with Crippen LogP contribution in [0.4, 0.5) is 17.1 Å². The Kier molecular flexibility index (Phi) is 4.84. The van der Waals surface area contributed by atoms with Crippen LogP contribution >= 0.6 is 0 Å². The SMILES string of the molecule is NC(=O)c1ccc(CNc2ccccc2NC23CC4CC(CC(C4)C2)C3)c([N+](=O)[O-])c1.